The normalized spacial score (nSPS) is 10.6. The largest absolute Gasteiger partial charge is 0.365 e. The van der Waals surface area contributed by atoms with Gasteiger partial charge in [0.1, 0.15) is 0 Å². The Balaban J connectivity index is 3.35. The molecule has 8 heteroatoms. The van der Waals surface area contributed by atoms with Crippen molar-refractivity contribution in [2.45, 2.75) is 6.43 Å². The zero-order valence-electron chi connectivity index (χ0n) is 6.38. The average molecular weight is 287 g/mol. The number of halogens is 4. The van der Waals surface area contributed by atoms with Gasteiger partial charge in [0.2, 0.25) is 0 Å². The Hall–Kier alpha value is -0.820. The Morgan fingerprint density at radius 1 is 1.64 bits per heavy atom. The molecule has 1 aromatic rings. The number of alkyl halides is 2. The summed E-state index contributed by atoms with van der Waals surface area (Å²) < 4.78 is 24.5. The third-order valence-corrected chi connectivity index (χ3v) is 2.69. The monoisotopic (exact) mass is 286 g/mol. The molecular weight excluding hydrogens is 285 g/mol. The fraction of sp³-hybridized carbons (Fsp3) is 0.167. The van der Waals surface area contributed by atoms with Gasteiger partial charge in [-0.05, 0) is 37.4 Å². The van der Waals surface area contributed by atoms with Crippen LogP contribution >= 0.6 is 27.5 Å². The summed E-state index contributed by atoms with van der Waals surface area (Å²) in [5.74, 6) is -0.700. The first-order valence-electron chi connectivity index (χ1n) is 3.22. The van der Waals surface area contributed by atoms with E-state index in [4.69, 9.17) is 11.6 Å². The maximum absolute atomic E-state index is 12.3. The number of rotatable bonds is 2. The number of aromatic nitrogens is 1. The number of nitrogens with zero attached hydrogens (tertiary/aromatic N) is 2. The van der Waals surface area contributed by atoms with Crippen molar-refractivity contribution in [2.24, 2.45) is 0 Å². The maximum Gasteiger partial charge on any atom is 0.365 e. The summed E-state index contributed by atoms with van der Waals surface area (Å²) in [7, 11) is 0. The van der Waals surface area contributed by atoms with Crippen molar-refractivity contribution in [3.63, 3.8) is 0 Å². The lowest BCUT2D eigenvalue weighted by atomic mass is 10.3. The summed E-state index contributed by atoms with van der Waals surface area (Å²) in [6.45, 7) is 0. The minimum Gasteiger partial charge on any atom is -0.358 e. The SMILES string of the molecule is O=[N+]([O-])c1cc(C(F)F)c(Br)c(Cl)n1. The van der Waals surface area contributed by atoms with Gasteiger partial charge in [-0.15, -0.1) is 0 Å². The topological polar surface area (TPSA) is 56.0 Å². The highest BCUT2D eigenvalue weighted by atomic mass is 79.9. The fourth-order valence-electron chi connectivity index (χ4n) is 0.756. The quantitative estimate of drug-likeness (QED) is 0.476. The van der Waals surface area contributed by atoms with Gasteiger partial charge in [-0.25, -0.2) is 8.78 Å². The molecule has 0 amide bonds. The van der Waals surface area contributed by atoms with Crippen LogP contribution in [-0.2, 0) is 0 Å². The minimum absolute atomic E-state index is 0.125. The van der Waals surface area contributed by atoms with E-state index in [0.29, 0.717) is 6.07 Å². The lowest BCUT2D eigenvalue weighted by Crippen LogP contribution is -1.97. The number of nitro groups is 1. The second-order valence-electron chi connectivity index (χ2n) is 2.23. The molecule has 0 saturated carbocycles. The van der Waals surface area contributed by atoms with Crippen LogP contribution in [0.2, 0.25) is 5.15 Å². The van der Waals surface area contributed by atoms with Gasteiger partial charge in [0.05, 0.1) is 4.47 Å². The Morgan fingerprint density at radius 2 is 2.21 bits per heavy atom. The van der Waals surface area contributed by atoms with Gasteiger partial charge in [-0.1, -0.05) is 0 Å². The highest BCUT2D eigenvalue weighted by Gasteiger charge is 2.22. The van der Waals surface area contributed by atoms with Crippen LogP contribution in [0.15, 0.2) is 10.5 Å². The van der Waals surface area contributed by atoms with Crippen molar-refractivity contribution in [2.75, 3.05) is 0 Å². The second-order valence-corrected chi connectivity index (χ2v) is 3.38. The molecule has 0 aliphatic rings. The first-order chi connectivity index (χ1) is 6.43. The summed E-state index contributed by atoms with van der Waals surface area (Å²) in [5, 5.41) is 9.91. The first-order valence-corrected chi connectivity index (χ1v) is 4.39. The zero-order valence-corrected chi connectivity index (χ0v) is 8.72. The smallest absolute Gasteiger partial charge is 0.358 e. The van der Waals surface area contributed by atoms with Crippen molar-refractivity contribution >= 4 is 33.3 Å². The third kappa shape index (κ3) is 2.16. The van der Waals surface area contributed by atoms with Crippen molar-refractivity contribution in [3.8, 4) is 0 Å². The third-order valence-electron chi connectivity index (χ3n) is 1.35. The molecule has 0 radical (unpaired) electrons. The predicted molar refractivity (Wildman–Crippen MR) is 48.6 cm³/mol. The molecular formula is C6H2BrClF2N2O2. The minimum atomic E-state index is -2.84. The molecule has 1 heterocycles. The van der Waals surface area contributed by atoms with E-state index in [2.05, 4.69) is 20.9 Å². The Bertz CT molecular complexity index is 388. The summed E-state index contributed by atoms with van der Waals surface area (Å²) in [6.07, 6.45) is -2.84. The Kier molecular flexibility index (Phi) is 3.33. The van der Waals surface area contributed by atoms with Crippen LogP contribution in [-0.4, -0.2) is 9.91 Å². The standard InChI is InChI=1S/C6H2BrClF2N2O2/c7-4-2(6(9)10)1-3(12(13)14)11-5(4)8/h1,6H. The molecule has 0 aromatic carbocycles. The van der Waals surface area contributed by atoms with Crippen LogP contribution in [0.5, 0.6) is 0 Å². The van der Waals surface area contributed by atoms with Gasteiger partial charge >= 0.3 is 5.82 Å². The van der Waals surface area contributed by atoms with Crippen LogP contribution in [0.3, 0.4) is 0 Å². The molecule has 0 fully saturated rings. The van der Waals surface area contributed by atoms with E-state index < -0.39 is 22.7 Å². The van der Waals surface area contributed by atoms with Gasteiger partial charge in [-0.3, -0.25) is 0 Å². The summed E-state index contributed by atoms with van der Waals surface area (Å²) >= 11 is 8.18. The highest BCUT2D eigenvalue weighted by Crippen LogP contribution is 2.34. The van der Waals surface area contributed by atoms with Gasteiger partial charge in [0.15, 0.2) is 0 Å². The molecule has 76 valence electrons. The molecule has 0 atom stereocenters. The van der Waals surface area contributed by atoms with E-state index in [-0.39, 0.29) is 9.63 Å². The summed E-state index contributed by atoms with van der Waals surface area (Å²) in [4.78, 5) is 12.7. The molecule has 1 aromatic heterocycles. The zero-order chi connectivity index (χ0) is 10.9. The predicted octanol–water partition coefficient (Wildman–Crippen LogP) is 3.34. The van der Waals surface area contributed by atoms with Crippen molar-refractivity contribution < 1.29 is 13.7 Å². The Labute approximate surface area is 90.2 Å². The lowest BCUT2D eigenvalue weighted by molar-refractivity contribution is -0.389. The van der Waals surface area contributed by atoms with Gasteiger partial charge < -0.3 is 10.1 Å². The van der Waals surface area contributed by atoms with Gasteiger partial charge in [-0.2, -0.15) is 0 Å². The lowest BCUT2D eigenvalue weighted by Gasteiger charge is -2.02. The van der Waals surface area contributed by atoms with E-state index in [1.807, 2.05) is 0 Å². The van der Waals surface area contributed by atoms with Crippen LogP contribution in [0.25, 0.3) is 0 Å². The molecule has 4 nitrogen and oxygen atoms in total. The number of hydrogen-bond acceptors (Lipinski definition) is 3. The first kappa shape index (κ1) is 11.3. The van der Waals surface area contributed by atoms with Crippen molar-refractivity contribution in [1.82, 2.24) is 4.98 Å². The number of pyridine rings is 1. The molecule has 0 saturated heterocycles. The highest BCUT2D eigenvalue weighted by molar-refractivity contribution is 9.10. The van der Waals surface area contributed by atoms with E-state index >= 15 is 0 Å². The van der Waals surface area contributed by atoms with E-state index in [9.17, 15) is 18.9 Å². The van der Waals surface area contributed by atoms with Crippen molar-refractivity contribution in [3.05, 3.63) is 31.4 Å². The molecule has 1 rings (SSSR count). The summed E-state index contributed by atoms with van der Waals surface area (Å²) in [6, 6.07) is 0.681. The molecule has 14 heavy (non-hydrogen) atoms. The molecule has 0 spiro atoms. The maximum atomic E-state index is 12.3. The van der Waals surface area contributed by atoms with E-state index in [1.54, 1.807) is 0 Å². The van der Waals surface area contributed by atoms with Crippen molar-refractivity contribution in [1.29, 1.82) is 0 Å². The number of hydrogen-bond donors (Lipinski definition) is 0. The van der Waals surface area contributed by atoms with Gasteiger partial charge in [0, 0.05) is 11.6 Å². The Morgan fingerprint density at radius 3 is 2.64 bits per heavy atom. The van der Waals surface area contributed by atoms with E-state index in [1.165, 1.54) is 0 Å². The van der Waals surface area contributed by atoms with Crippen LogP contribution in [0.4, 0.5) is 14.6 Å². The van der Waals surface area contributed by atoms with Crippen LogP contribution < -0.4 is 0 Å². The molecule has 0 aliphatic carbocycles. The molecule has 0 N–H and O–H groups in total. The fourth-order valence-corrected chi connectivity index (χ4v) is 1.33. The summed E-state index contributed by atoms with van der Waals surface area (Å²) in [5.41, 5.74) is -0.545. The molecule has 0 bridgehead atoms. The van der Waals surface area contributed by atoms with Gasteiger partial charge in [0.25, 0.3) is 11.6 Å². The molecule has 0 unspecified atom stereocenters. The molecule has 0 aliphatic heterocycles. The second kappa shape index (κ2) is 4.14. The van der Waals surface area contributed by atoms with Crippen LogP contribution in [0.1, 0.15) is 12.0 Å². The van der Waals surface area contributed by atoms with E-state index in [0.717, 1.165) is 0 Å². The van der Waals surface area contributed by atoms with Crippen LogP contribution in [0, 0.1) is 10.1 Å². The average Bonchev–Trinajstić information content (AvgIpc) is 2.08.